The van der Waals surface area contributed by atoms with E-state index < -0.39 is 0 Å². The molecule has 9 rings (SSSR count). The zero-order valence-electron chi connectivity index (χ0n) is 28.0. The van der Waals surface area contributed by atoms with Crippen LogP contribution in [0.3, 0.4) is 0 Å². The fraction of sp³-hybridized carbons (Fsp3) is 0. The molecule has 5 nitrogen and oxygen atoms in total. The molecule has 9 aromatic rings. The smallest absolute Gasteiger partial charge is 0.164 e. The van der Waals surface area contributed by atoms with Gasteiger partial charge in [0.15, 0.2) is 17.5 Å². The van der Waals surface area contributed by atoms with Gasteiger partial charge in [0, 0.05) is 27.6 Å². The van der Waals surface area contributed by atoms with Crippen LogP contribution in [0.15, 0.2) is 176 Å². The standard InChI is InChI=1S/C47H29N5/c48-30-31-16-18-33(19-17-31)41-29-43(34-10-4-1-5-11-34)49-42-27-25-39-28-38(24-26-40(39)44(41)42)32-20-22-37(23-21-32)47-51-45(35-12-6-2-7-13-35)50-46(52-47)36-14-8-3-9-15-36/h1-29H. The van der Waals surface area contributed by atoms with Crippen molar-refractivity contribution in [3.05, 3.63) is 181 Å². The van der Waals surface area contributed by atoms with Crippen LogP contribution >= 0.6 is 0 Å². The van der Waals surface area contributed by atoms with Gasteiger partial charge in [-0.3, -0.25) is 0 Å². The average molecular weight is 664 g/mol. The van der Waals surface area contributed by atoms with E-state index in [1.165, 1.54) is 0 Å². The highest BCUT2D eigenvalue weighted by Gasteiger charge is 2.15. The summed E-state index contributed by atoms with van der Waals surface area (Å²) in [6, 6.07) is 61.8. The predicted octanol–water partition coefficient (Wildman–Crippen LogP) is 11.4. The van der Waals surface area contributed by atoms with Gasteiger partial charge < -0.3 is 0 Å². The third-order valence-corrected chi connectivity index (χ3v) is 9.36. The maximum atomic E-state index is 9.44. The number of fused-ring (bicyclic) bond motifs is 3. The summed E-state index contributed by atoms with van der Waals surface area (Å²) < 4.78 is 0. The van der Waals surface area contributed by atoms with Gasteiger partial charge in [0.25, 0.3) is 0 Å². The summed E-state index contributed by atoms with van der Waals surface area (Å²) in [6.07, 6.45) is 0. The molecule has 0 spiro atoms. The number of hydrogen-bond donors (Lipinski definition) is 0. The van der Waals surface area contributed by atoms with E-state index in [0.29, 0.717) is 23.0 Å². The Morgan fingerprint density at radius 1 is 0.385 bits per heavy atom. The molecule has 2 aromatic heterocycles. The van der Waals surface area contributed by atoms with Gasteiger partial charge >= 0.3 is 0 Å². The first kappa shape index (κ1) is 30.7. The number of benzene rings is 7. The van der Waals surface area contributed by atoms with Gasteiger partial charge in [-0.25, -0.2) is 19.9 Å². The highest BCUT2D eigenvalue weighted by atomic mass is 15.0. The summed E-state index contributed by atoms with van der Waals surface area (Å²) in [5.74, 6) is 1.91. The topological polar surface area (TPSA) is 75.3 Å². The maximum absolute atomic E-state index is 9.44. The Morgan fingerprint density at radius 2 is 0.885 bits per heavy atom. The highest BCUT2D eigenvalue weighted by Crippen LogP contribution is 2.38. The molecule has 242 valence electrons. The number of rotatable bonds is 6. The van der Waals surface area contributed by atoms with Crippen molar-refractivity contribution in [1.29, 1.82) is 5.26 Å². The molecule has 7 aromatic carbocycles. The van der Waals surface area contributed by atoms with Crippen molar-refractivity contribution in [3.8, 4) is 73.7 Å². The van der Waals surface area contributed by atoms with E-state index >= 15 is 0 Å². The third kappa shape index (κ3) is 5.85. The number of pyridine rings is 1. The van der Waals surface area contributed by atoms with Crippen LogP contribution < -0.4 is 0 Å². The minimum Gasteiger partial charge on any atom is -0.248 e. The average Bonchev–Trinajstić information content (AvgIpc) is 3.24. The second-order valence-corrected chi connectivity index (χ2v) is 12.6. The second-order valence-electron chi connectivity index (χ2n) is 12.6. The van der Waals surface area contributed by atoms with E-state index in [4.69, 9.17) is 19.9 Å². The fourth-order valence-corrected chi connectivity index (χ4v) is 6.70. The summed E-state index contributed by atoms with van der Waals surface area (Å²) in [4.78, 5) is 19.7. The van der Waals surface area contributed by atoms with Crippen molar-refractivity contribution in [2.24, 2.45) is 0 Å². The first-order valence-electron chi connectivity index (χ1n) is 17.1. The quantitative estimate of drug-likeness (QED) is 0.166. The summed E-state index contributed by atoms with van der Waals surface area (Å²) in [7, 11) is 0. The summed E-state index contributed by atoms with van der Waals surface area (Å²) in [6.45, 7) is 0. The van der Waals surface area contributed by atoms with Gasteiger partial charge in [-0.15, -0.1) is 0 Å². The Hall–Kier alpha value is -7.29. The molecule has 52 heavy (non-hydrogen) atoms. The Balaban J connectivity index is 1.12. The van der Waals surface area contributed by atoms with E-state index in [1.54, 1.807) is 0 Å². The normalized spacial score (nSPS) is 11.1. The molecule has 0 radical (unpaired) electrons. The number of aromatic nitrogens is 4. The van der Waals surface area contributed by atoms with Crippen molar-refractivity contribution in [3.63, 3.8) is 0 Å². The predicted molar refractivity (Wildman–Crippen MR) is 210 cm³/mol. The first-order chi connectivity index (χ1) is 25.7. The monoisotopic (exact) mass is 663 g/mol. The first-order valence-corrected chi connectivity index (χ1v) is 17.1. The van der Waals surface area contributed by atoms with Crippen molar-refractivity contribution in [2.45, 2.75) is 0 Å². The van der Waals surface area contributed by atoms with Crippen LogP contribution in [0.4, 0.5) is 0 Å². The van der Waals surface area contributed by atoms with Gasteiger partial charge in [-0.2, -0.15) is 5.26 Å². The van der Waals surface area contributed by atoms with Crippen molar-refractivity contribution < 1.29 is 0 Å². The lowest BCUT2D eigenvalue weighted by Gasteiger charge is -2.14. The van der Waals surface area contributed by atoms with Gasteiger partial charge in [-0.1, -0.05) is 146 Å². The highest BCUT2D eigenvalue weighted by molar-refractivity contribution is 6.14. The van der Waals surface area contributed by atoms with E-state index in [2.05, 4.69) is 78.9 Å². The molecule has 0 saturated carbocycles. The Morgan fingerprint density at radius 3 is 1.46 bits per heavy atom. The molecule has 0 unspecified atom stereocenters. The van der Waals surface area contributed by atoms with Crippen molar-refractivity contribution >= 4 is 21.7 Å². The molecule has 0 aliphatic carbocycles. The molecule has 0 bridgehead atoms. The lowest BCUT2D eigenvalue weighted by Crippen LogP contribution is -2.00. The van der Waals surface area contributed by atoms with Crippen LogP contribution in [0, 0.1) is 11.3 Å². The lowest BCUT2D eigenvalue weighted by atomic mass is 9.92. The minimum absolute atomic E-state index is 0.627. The van der Waals surface area contributed by atoms with Crippen molar-refractivity contribution in [1.82, 2.24) is 19.9 Å². The molecular formula is C47H29N5. The van der Waals surface area contributed by atoms with Crippen LogP contribution in [0.2, 0.25) is 0 Å². The zero-order valence-corrected chi connectivity index (χ0v) is 28.0. The molecule has 5 heteroatoms. The van der Waals surface area contributed by atoms with Gasteiger partial charge in [0.1, 0.15) is 0 Å². The molecule has 0 amide bonds. The molecule has 0 saturated heterocycles. The molecule has 0 N–H and O–H groups in total. The van der Waals surface area contributed by atoms with E-state index in [0.717, 1.165) is 71.9 Å². The lowest BCUT2D eigenvalue weighted by molar-refractivity contribution is 1.07. The number of nitriles is 1. The van der Waals surface area contributed by atoms with E-state index in [1.807, 2.05) is 103 Å². The van der Waals surface area contributed by atoms with Gasteiger partial charge in [-0.05, 0) is 63.4 Å². The molecule has 0 fully saturated rings. The van der Waals surface area contributed by atoms with Crippen LogP contribution in [0.1, 0.15) is 5.56 Å². The van der Waals surface area contributed by atoms with E-state index in [9.17, 15) is 5.26 Å². The molecule has 0 aliphatic heterocycles. The molecular weight excluding hydrogens is 635 g/mol. The Bertz CT molecular complexity index is 2700. The summed E-state index contributed by atoms with van der Waals surface area (Å²) in [5.41, 5.74) is 10.7. The number of nitrogens with zero attached hydrogens (tertiary/aromatic N) is 5. The minimum atomic E-state index is 0.627. The van der Waals surface area contributed by atoms with E-state index in [-0.39, 0.29) is 0 Å². The SMILES string of the molecule is N#Cc1ccc(-c2cc(-c3ccccc3)nc3ccc4cc(-c5ccc(-c6nc(-c7ccccc7)nc(-c7ccccc7)n6)cc5)ccc4c23)cc1. The Labute approximate surface area is 301 Å². The fourth-order valence-electron chi connectivity index (χ4n) is 6.70. The molecule has 0 atom stereocenters. The van der Waals surface area contributed by atoms with Gasteiger partial charge in [0.05, 0.1) is 22.8 Å². The molecule has 0 aliphatic rings. The van der Waals surface area contributed by atoms with Crippen LogP contribution in [0.5, 0.6) is 0 Å². The zero-order chi connectivity index (χ0) is 34.9. The van der Waals surface area contributed by atoms with Crippen LogP contribution in [0.25, 0.3) is 89.4 Å². The van der Waals surface area contributed by atoms with Crippen molar-refractivity contribution in [2.75, 3.05) is 0 Å². The third-order valence-electron chi connectivity index (χ3n) is 9.36. The largest absolute Gasteiger partial charge is 0.248 e. The van der Waals surface area contributed by atoms with Crippen LogP contribution in [-0.4, -0.2) is 19.9 Å². The van der Waals surface area contributed by atoms with Gasteiger partial charge in [0.2, 0.25) is 0 Å². The summed E-state index contributed by atoms with van der Waals surface area (Å²) >= 11 is 0. The van der Waals surface area contributed by atoms with Crippen LogP contribution in [-0.2, 0) is 0 Å². The Kier molecular flexibility index (Phi) is 7.81. The maximum Gasteiger partial charge on any atom is 0.164 e. The molecule has 2 heterocycles. The summed E-state index contributed by atoms with van der Waals surface area (Å²) in [5, 5.41) is 12.8. The second kappa shape index (κ2) is 13.2. The number of hydrogen-bond acceptors (Lipinski definition) is 5.